The molecule has 3 nitrogen and oxygen atoms in total. The molecule has 0 saturated carbocycles. The van der Waals surface area contributed by atoms with Gasteiger partial charge in [-0.05, 0) is 42.7 Å². The number of aryl methyl sites for hydroxylation is 2. The quantitative estimate of drug-likeness (QED) is 0.686. The van der Waals surface area contributed by atoms with Crippen molar-refractivity contribution in [2.24, 2.45) is 0 Å². The van der Waals surface area contributed by atoms with Crippen molar-refractivity contribution in [1.82, 2.24) is 9.97 Å². The Bertz CT molecular complexity index is 741. The van der Waals surface area contributed by atoms with Gasteiger partial charge >= 0.3 is 0 Å². The van der Waals surface area contributed by atoms with E-state index in [1.54, 1.807) is 0 Å². The smallest absolute Gasteiger partial charge is 0.111 e. The van der Waals surface area contributed by atoms with E-state index >= 15 is 0 Å². The van der Waals surface area contributed by atoms with Gasteiger partial charge in [0.25, 0.3) is 0 Å². The zero-order valence-electron chi connectivity index (χ0n) is 11.2. The molecular weight excluding hydrogens is 234 g/mol. The van der Waals surface area contributed by atoms with Gasteiger partial charge in [0.05, 0.1) is 11.0 Å². The molecule has 3 rings (SSSR count). The molecule has 0 unspecified atom stereocenters. The maximum Gasteiger partial charge on any atom is 0.111 e. The Morgan fingerprint density at radius 3 is 2.74 bits per heavy atom. The zero-order chi connectivity index (χ0) is 13.4. The summed E-state index contributed by atoms with van der Waals surface area (Å²) in [5.74, 6) is 0.960. The third-order valence-corrected chi connectivity index (χ3v) is 3.38. The third kappa shape index (κ3) is 2.19. The molecule has 0 fully saturated rings. The highest BCUT2D eigenvalue weighted by atomic mass is 14.9. The minimum atomic E-state index is 0.736. The first-order chi connectivity index (χ1) is 9.13. The van der Waals surface area contributed by atoms with Crippen LogP contribution in [0, 0.1) is 13.8 Å². The van der Waals surface area contributed by atoms with Crippen molar-refractivity contribution in [3.8, 4) is 0 Å². The van der Waals surface area contributed by atoms with E-state index in [1.165, 1.54) is 11.1 Å². The van der Waals surface area contributed by atoms with Gasteiger partial charge in [-0.1, -0.05) is 24.3 Å². The monoisotopic (exact) mass is 251 g/mol. The molecule has 0 aliphatic carbocycles. The number of fused-ring (bicyclic) bond motifs is 1. The average Bonchev–Trinajstić information content (AvgIpc) is 2.75. The van der Waals surface area contributed by atoms with Crippen LogP contribution in [-0.4, -0.2) is 9.97 Å². The summed E-state index contributed by atoms with van der Waals surface area (Å²) in [6.07, 6.45) is 0.736. The highest BCUT2D eigenvalue weighted by Crippen LogP contribution is 2.21. The number of anilines is 1. The second-order valence-electron chi connectivity index (χ2n) is 5.04. The van der Waals surface area contributed by atoms with Crippen LogP contribution in [0.2, 0.25) is 0 Å². The number of para-hydroxylation sites is 1. The maximum absolute atomic E-state index is 5.97. The maximum atomic E-state index is 5.97. The number of imidazole rings is 1. The van der Waals surface area contributed by atoms with Crippen LogP contribution in [0.4, 0.5) is 5.69 Å². The van der Waals surface area contributed by atoms with Gasteiger partial charge in [0, 0.05) is 12.1 Å². The number of H-pyrrole nitrogens is 1. The molecule has 0 aliphatic heterocycles. The summed E-state index contributed by atoms with van der Waals surface area (Å²) in [6, 6.07) is 12.2. The van der Waals surface area contributed by atoms with E-state index in [1.807, 2.05) is 24.3 Å². The van der Waals surface area contributed by atoms with Gasteiger partial charge in [0.15, 0.2) is 0 Å². The highest BCUT2D eigenvalue weighted by Gasteiger charge is 2.08. The first-order valence-corrected chi connectivity index (χ1v) is 6.43. The minimum Gasteiger partial charge on any atom is -0.398 e. The van der Waals surface area contributed by atoms with E-state index in [0.717, 1.165) is 34.5 Å². The Kier molecular flexibility index (Phi) is 2.75. The highest BCUT2D eigenvalue weighted by molar-refractivity contribution is 5.79. The first kappa shape index (κ1) is 11.8. The molecule has 1 aromatic heterocycles. The van der Waals surface area contributed by atoms with Crippen LogP contribution in [0.25, 0.3) is 11.0 Å². The Labute approximate surface area is 112 Å². The number of aromatic nitrogens is 2. The third-order valence-electron chi connectivity index (χ3n) is 3.38. The lowest BCUT2D eigenvalue weighted by Crippen LogP contribution is -1.96. The summed E-state index contributed by atoms with van der Waals surface area (Å²) in [7, 11) is 0. The number of benzene rings is 2. The fraction of sp³-hybridized carbons (Fsp3) is 0.188. The van der Waals surface area contributed by atoms with Crippen LogP contribution in [0.15, 0.2) is 36.4 Å². The fourth-order valence-electron chi connectivity index (χ4n) is 2.48. The van der Waals surface area contributed by atoms with Crippen molar-refractivity contribution in [1.29, 1.82) is 0 Å². The number of nitrogens with one attached hydrogen (secondary N) is 1. The predicted molar refractivity (Wildman–Crippen MR) is 79.2 cm³/mol. The molecule has 96 valence electrons. The molecule has 0 saturated heterocycles. The van der Waals surface area contributed by atoms with E-state index in [4.69, 9.17) is 5.73 Å². The molecule has 0 radical (unpaired) electrons. The lowest BCUT2D eigenvalue weighted by Gasteiger charge is -2.02. The van der Waals surface area contributed by atoms with Gasteiger partial charge in [-0.2, -0.15) is 0 Å². The van der Waals surface area contributed by atoms with E-state index in [0.29, 0.717) is 0 Å². The lowest BCUT2D eigenvalue weighted by atomic mass is 10.1. The molecule has 2 aromatic carbocycles. The number of hydrogen-bond acceptors (Lipinski definition) is 2. The van der Waals surface area contributed by atoms with E-state index in [9.17, 15) is 0 Å². The van der Waals surface area contributed by atoms with Crippen LogP contribution in [0.5, 0.6) is 0 Å². The second-order valence-corrected chi connectivity index (χ2v) is 5.04. The predicted octanol–water partition coefficient (Wildman–Crippen LogP) is 3.35. The molecule has 1 heterocycles. The van der Waals surface area contributed by atoms with E-state index < -0.39 is 0 Å². The molecule has 3 heteroatoms. The van der Waals surface area contributed by atoms with Gasteiger partial charge < -0.3 is 10.7 Å². The number of aromatic amines is 1. The SMILES string of the molecule is Cc1cc(C)c2nc(Cc3ccccc3N)[nH]c2c1. The molecular formula is C16H17N3. The molecule has 0 atom stereocenters. The lowest BCUT2D eigenvalue weighted by molar-refractivity contribution is 1.04. The standard InChI is InChI=1S/C16H17N3/c1-10-7-11(2)16-14(8-10)18-15(19-16)9-12-5-3-4-6-13(12)17/h3-8H,9,17H2,1-2H3,(H,18,19). The van der Waals surface area contributed by atoms with Crippen molar-refractivity contribution in [2.45, 2.75) is 20.3 Å². The molecule has 0 amide bonds. The normalized spacial score (nSPS) is 11.1. The van der Waals surface area contributed by atoms with Crippen LogP contribution in [0.3, 0.4) is 0 Å². The van der Waals surface area contributed by atoms with E-state index in [2.05, 4.69) is 35.9 Å². The number of nitrogen functional groups attached to an aromatic ring is 1. The summed E-state index contributed by atoms with van der Waals surface area (Å²) in [5, 5.41) is 0. The molecule has 3 N–H and O–H groups in total. The van der Waals surface area contributed by atoms with Crippen molar-refractivity contribution in [3.63, 3.8) is 0 Å². The number of nitrogens with two attached hydrogens (primary N) is 1. The topological polar surface area (TPSA) is 54.7 Å². The molecule has 19 heavy (non-hydrogen) atoms. The molecule has 0 aliphatic rings. The summed E-state index contributed by atoms with van der Waals surface area (Å²) in [4.78, 5) is 8.06. The van der Waals surface area contributed by atoms with Crippen LogP contribution in [-0.2, 0) is 6.42 Å². The molecule has 0 bridgehead atoms. The van der Waals surface area contributed by atoms with Crippen LogP contribution in [0.1, 0.15) is 22.5 Å². The van der Waals surface area contributed by atoms with Gasteiger partial charge in [-0.3, -0.25) is 0 Å². The van der Waals surface area contributed by atoms with Gasteiger partial charge in [0.1, 0.15) is 5.82 Å². The number of hydrogen-bond donors (Lipinski definition) is 2. The Balaban J connectivity index is 2.03. The summed E-state index contributed by atoms with van der Waals surface area (Å²) < 4.78 is 0. The average molecular weight is 251 g/mol. The zero-order valence-corrected chi connectivity index (χ0v) is 11.2. The Hall–Kier alpha value is -2.29. The molecule has 0 spiro atoms. The van der Waals surface area contributed by atoms with Gasteiger partial charge in [-0.25, -0.2) is 4.98 Å². The Morgan fingerprint density at radius 1 is 1.16 bits per heavy atom. The summed E-state index contributed by atoms with van der Waals surface area (Å²) in [5.41, 5.74) is 12.5. The van der Waals surface area contributed by atoms with Gasteiger partial charge in [-0.15, -0.1) is 0 Å². The van der Waals surface area contributed by atoms with Crippen LogP contribution < -0.4 is 5.73 Å². The second kappa shape index (κ2) is 4.43. The van der Waals surface area contributed by atoms with Crippen molar-refractivity contribution < 1.29 is 0 Å². The minimum absolute atomic E-state index is 0.736. The van der Waals surface area contributed by atoms with Crippen molar-refractivity contribution in [2.75, 3.05) is 5.73 Å². The molecule has 3 aromatic rings. The fourth-order valence-corrected chi connectivity index (χ4v) is 2.48. The van der Waals surface area contributed by atoms with E-state index in [-0.39, 0.29) is 0 Å². The largest absolute Gasteiger partial charge is 0.398 e. The van der Waals surface area contributed by atoms with Crippen molar-refractivity contribution >= 4 is 16.7 Å². The summed E-state index contributed by atoms with van der Waals surface area (Å²) in [6.45, 7) is 4.19. The Morgan fingerprint density at radius 2 is 1.95 bits per heavy atom. The number of rotatable bonds is 2. The summed E-state index contributed by atoms with van der Waals surface area (Å²) >= 11 is 0. The van der Waals surface area contributed by atoms with Crippen molar-refractivity contribution in [3.05, 3.63) is 58.9 Å². The van der Waals surface area contributed by atoms with Crippen LogP contribution >= 0.6 is 0 Å². The number of nitrogens with zero attached hydrogens (tertiary/aromatic N) is 1. The first-order valence-electron chi connectivity index (χ1n) is 6.43. The van der Waals surface area contributed by atoms with Gasteiger partial charge in [0.2, 0.25) is 0 Å².